The third-order valence-corrected chi connectivity index (χ3v) is 3.35. The van der Waals surface area contributed by atoms with E-state index < -0.39 is 35.7 Å². The zero-order chi connectivity index (χ0) is 18.5. The number of carbonyl (C=O) groups is 2. The number of nitrogens with one attached hydrogen (secondary N) is 1. The van der Waals surface area contributed by atoms with Gasteiger partial charge in [0.15, 0.2) is 0 Å². The Morgan fingerprint density at radius 1 is 1.29 bits per heavy atom. The SMILES string of the molecule is CC(C)C[C@H](O)C(=O)N[C@@H](Cc1cccc(C(F)(F)F)c1)C(N)=O. The van der Waals surface area contributed by atoms with E-state index in [9.17, 15) is 27.9 Å². The Morgan fingerprint density at radius 2 is 1.92 bits per heavy atom. The van der Waals surface area contributed by atoms with Crippen LogP contribution in [0.5, 0.6) is 0 Å². The average molecular weight is 346 g/mol. The van der Waals surface area contributed by atoms with Crippen molar-refractivity contribution in [3.05, 3.63) is 35.4 Å². The van der Waals surface area contributed by atoms with E-state index in [4.69, 9.17) is 5.73 Å². The smallest absolute Gasteiger partial charge is 0.383 e. The van der Waals surface area contributed by atoms with Crippen LogP contribution in [0.1, 0.15) is 31.4 Å². The van der Waals surface area contributed by atoms with Crippen LogP contribution in [0.2, 0.25) is 0 Å². The van der Waals surface area contributed by atoms with Crippen molar-refractivity contribution in [2.24, 2.45) is 11.7 Å². The van der Waals surface area contributed by atoms with Gasteiger partial charge in [-0.15, -0.1) is 0 Å². The number of halogens is 3. The first kappa shape index (κ1) is 20.0. The number of amides is 2. The number of alkyl halides is 3. The molecule has 0 heterocycles. The summed E-state index contributed by atoms with van der Waals surface area (Å²) in [6.45, 7) is 3.62. The number of hydrogen-bond acceptors (Lipinski definition) is 3. The highest BCUT2D eigenvalue weighted by molar-refractivity contribution is 5.88. The molecule has 24 heavy (non-hydrogen) atoms. The molecule has 1 aromatic rings. The maximum absolute atomic E-state index is 12.7. The zero-order valence-corrected chi connectivity index (χ0v) is 13.4. The van der Waals surface area contributed by atoms with Crippen LogP contribution in [0.4, 0.5) is 13.2 Å². The van der Waals surface area contributed by atoms with Gasteiger partial charge in [0.2, 0.25) is 11.8 Å². The lowest BCUT2D eigenvalue weighted by atomic mass is 10.0. The van der Waals surface area contributed by atoms with Crippen LogP contribution in [0, 0.1) is 5.92 Å². The van der Waals surface area contributed by atoms with Gasteiger partial charge in [0.25, 0.3) is 0 Å². The number of benzene rings is 1. The van der Waals surface area contributed by atoms with Crippen molar-refractivity contribution < 1.29 is 27.9 Å². The van der Waals surface area contributed by atoms with Crippen molar-refractivity contribution in [2.75, 3.05) is 0 Å². The van der Waals surface area contributed by atoms with Gasteiger partial charge < -0.3 is 16.2 Å². The van der Waals surface area contributed by atoms with Crippen molar-refractivity contribution >= 4 is 11.8 Å². The first-order valence-electron chi connectivity index (χ1n) is 7.44. The first-order chi connectivity index (χ1) is 11.0. The second-order valence-corrected chi connectivity index (χ2v) is 6.01. The molecular formula is C16H21F3N2O3. The first-order valence-corrected chi connectivity index (χ1v) is 7.44. The van der Waals surface area contributed by atoms with Crippen LogP contribution < -0.4 is 11.1 Å². The summed E-state index contributed by atoms with van der Waals surface area (Å²) in [7, 11) is 0. The Kier molecular flexibility index (Phi) is 6.77. The van der Waals surface area contributed by atoms with Crippen LogP contribution in [0.15, 0.2) is 24.3 Å². The number of carbonyl (C=O) groups excluding carboxylic acids is 2. The molecule has 0 aliphatic heterocycles. The summed E-state index contributed by atoms with van der Waals surface area (Å²) < 4.78 is 38.1. The van der Waals surface area contributed by atoms with Crippen molar-refractivity contribution in [1.82, 2.24) is 5.32 Å². The Labute approximate surface area is 138 Å². The molecule has 0 saturated carbocycles. The Morgan fingerprint density at radius 3 is 2.42 bits per heavy atom. The molecule has 2 atom stereocenters. The Bertz CT molecular complexity index is 588. The maximum Gasteiger partial charge on any atom is 0.416 e. The minimum absolute atomic E-state index is 0.0567. The molecule has 1 rings (SSSR count). The number of primary amides is 1. The van der Waals surface area contributed by atoms with Crippen molar-refractivity contribution in [1.29, 1.82) is 0 Å². The molecule has 0 bridgehead atoms. The lowest BCUT2D eigenvalue weighted by Gasteiger charge is -2.19. The molecule has 0 fully saturated rings. The fourth-order valence-electron chi connectivity index (χ4n) is 2.15. The summed E-state index contributed by atoms with van der Waals surface area (Å²) in [5.41, 5.74) is 4.55. The van der Waals surface area contributed by atoms with Crippen molar-refractivity contribution in [2.45, 2.75) is 45.0 Å². The summed E-state index contributed by atoms with van der Waals surface area (Å²) in [5.74, 6) is -1.61. The van der Waals surface area contributed by atoms with Crippen molar-refractivity contribution in [3.63, 3.8) is 0 Å². The highest BCUT2D eigenvalue weighted by Gasteiger charge is 2.31. The highest BCUT2D eigenvalue weighted by Crippen LogP contribution is 2.29. The molecule has 0 aliphatic carbocycles. The largest absolute Gasteiger partial charge is 0.416 e. The molecule has 0 aliphatic rings. The molecule has 0 spiro atoms. The molecule has 1 aromatic carbocycles. The normalized spacial score (nSPS) is 14.3. The molecule has 0 saturated heterocycles. The summed E-state index contributed by atoms with van der Waals surface area (Å²) in [4.78, 5) is 23.3. The molecule has 2 amide bonds. The third kappa shape index (κ3) is 6.19. The van der Waals surface area contributed by atoms with E-state index in [0.717, 1.165) is 12.1 Å². The number of nitrogens with two attached hydrogens (primary N) is 1. The van der Waals surface area contributed by atoms with Gasteiger partial charge in [-0.3, -0.25) is 9.59 Å². The number of hydrogen-bond donors (Lipinski definition) is 3. The van der Waals surface area contributed by atoms with E-state index in [0.29, 0.717) is 0 Å². The van der Waals surface area contributed by atoms with Gasteiger partial charge in [-0.25, -0.2) is 0 Å². The predicted molar refractivity (Wildman–Crippen MR) is 81.7 cm³/mol. The van der Waals surface area contributed by atoms with Crippen LogP contribution >= 0.6 is 0 Å². The van der Waals surface area contributed by atoms with Crippen LogP contribution in [0.25, 0.3) is 0 Å². The Balaban J connectivity index is 2.84. The van der Waals surface area contributed by atoms with Gasteiger partial charge in [0.05, 0.1) is 5.56 Å². The van der Waals surface area contributed by atoms with Gasteiger partial charge in [-0.2, -0.15) is 13.2 Å². The summed E-state index contributed by atoms with van der Waals surface area (Å²) >= 11 is 0. The van der Waals surface area contributed by atoms with E-state index in [1.165, 1.54) is 12.1 Å². The maximum atomic E-state index is 12.7. The molecular weight excluding hydrogens is 325 g/mol. The molecule has 0 radical (unpaired) electrons. The molecule has 8 heteroatoms. The van der Waals surface area contributed by atoms with Gasteiger partial charge in [-0.05, 0) is 24.0 Å². The van der Waals surface area contributed by atoms with Gasteiger partial charge in [0.1, 0.15) is 12.1 Å². The number of aliphatic hydroxyl groups is 1. The second kappa shape index (κ2) is 8.14. The van der Waals surface area contributed by atoms with E-state index in [-0.39, 0.29) is 24.3 Å². The summed E-state index contributed by atoms with van der Waals surface area (Å²) in [6, 6.07) is 3.22. The van der Waals surface area contributed by atoms with E-state index >= 15 is 0 Å². The van der Waals surface area contributed by atoms with Crippen LogP contribution in [-0.4, -0.2) is 29.1 Å². The number of rotatable bonds is 7. The minimum Gasteiger partial charge on any atom is -0.383 e. The van der Waals surface area contributed by atoms with Gasteiger partial charge >= 0.3 is 6.18 Å². The quantitative estimate of drug-likeness (QED) is 0.700. The highest BCUT2D eigenvalue weighted by atomic mass is 19.4. The van der Waals surface area contributed by atoms with E-state index in [1.54, 1.807) is 0 Å². The Hall–Kier alpha value is -2.09. The topological polar surface area (TPSA) is 92.4 Å². The third-order valence-electron chi connectivity index (χ3n) is 3.35. The molecule has 0 aromatic heterocycles. The van der Waals surface area contributed by atoms with Crippen LogP contribution in [0.3, 0.4) is 0 Å². The molecule has 0 unspecified atom stereocenters. The molecule has 4 N–H and O–H groups in total. The minimum atomic E-state index is -4.51. The van der Waals surface area contributed by atoms with E-state index in [1.807, 2.05) is 13.8 Å². The van der Waals surface area contributed by atoms with Gasteiger partial charge in [0, 0.05) is 6.42 Å². The zero-order valence-electron chi connectivity index (χ0n) is 13.4. The van der Waals surface area contributed by atoms with Crippen LogP contribution in [-0.2, 0) is 22.2 Å². The van der Waals surface area contributed by atoms with E-state index in [2.05, 4.69) is 5.32 Å². The predicted octanol–water partition coefficient (Wildman–Crippen LogP) is 1.62. The molecule has 134 valence electrons. The lowest BCUT2D eigenvalue weighted by molar-refractivity contribution is -0.137. The van der Waals surface area contributed by atoms with Gasteiger partial charge in [-0.1, -0.05) is 32.0 Å². The fourth-order valence-corrected chi connectivity index (χ4v) is 2.15. The summed E-state index contributed by atoms with van der Waals surface area (Å²) in [5, 5.41) is 12.0. The number of aliphatic hydroxyl groups excluding tert-OH is 1. The second-order valence-electron chi connectivity index (χ2n) is 6.01. The monoisotopic (exact) mass is 346 g/mol. The lowest BCUT2D eigenvalue weighted by Crippen LogP contribution is -2.49. The standard InChI is InChI=1S/C16H21F3N2O3/c1-9(2)6-13(22)15(24)21-12(14(20)23)8-10-4-3-5-11(7-10)16(17,18)19/h3-5,7,9,12-13,22H,6,8H2,1-2H3,(H2,20,23)(H,21,24)/t12-,13-/m0/s1. The summed E-state index contributed by atoms with van der Waals surface area (Å²) in [6.07, 6.45) is -5.82. The fraction of sp³-hybridized carbons (Fsp3) is 0.500. The average Bonchev–Trinajstić information content (AvgIpc) is 2.45. The van der Waals surface area contributed by atoms with Crippen molar-refractivity contribution in [3.8, 4) is 0 Å². The molecule has 5 nitrogen and oxygen atoms in total.